The van der Waals surface area contributed by atoms with Gasteiger partial charge in [-0.05, 0) is 67.4 Å². The number of carbonyl (C=O) groups is 1. The first-order valence-electron chi connectivity index (χ1n) is 9.92. The Morgan fingerprint density at radius 1 is 1.04 bits per heavy atom. The van der Waals surface area contributed by atoms with Crippen LogP contribution in [0, 0.1) is 0 Å². The Hall–Kier alpha value is -2.11. The maximum atomic E-state index is 12.1. The summed E-state index contributed by atoms with van der Waals surface area (Å²) in [7, 11) is 1.62. The zero-order chi connectivity index (χ0) is 18.9. The van der Waals surface area contributed by atoms with E-state index in [0.29, 0.717) is 18.7 Å². The highest BCUT2D eigenvalue weighted by molar-refractivity contribution is 5.98. The molecule has 5 nitrogen and oxygen atoms in total. The van der Waals surface area contributed by atoms with Gasteiger partial charge >= 0.3 is 0 Å². The van der Waals surface area contributed by atoms with Crippen LogP contribution >= 0.6 is 0 Å². The molecule has 2 aromatic rings. The summed E-state index contributed by atoms with van der Waals surface area (Å²) in [6, 6.07) is 11.8. The third kappa shape index (κ3) is 5.94. The lowest BCUT2D eigenvalue weighted by molar-refractivity contribution is 0.0937. The van der Waals surface area contributed by atoms with Gasteiger partial charge in [0.2, 0.25) is 0 Å². The number of fused-ring (bicyclic) bond motifs is 1. The third-order valence-electron chi connectivity index (χ3n) is 5.00. The highest BCUT2D eigenvalue weighted by Crippen LogP contribution is 2.22. The van der Waals surface area contributed by atoms with Gasteiger partial charge in [-0.15, -0.1) is 0 Å². The number of rotatable bonds is 9. The van der Waals surface area contributed by atoms with Gasteiger partial charge in [0.1, 0.15) is 5.75 Å². The fourth-order valence-electron chi connectivity index (χ4n) is 3.48. The lowest BCUT2D eigenvalue weighted by Gasteiger charge is -2.26. The fourth-order valence-corrected chi connectivity index (χ4v) is 3.48. The molecule has 1 N–H and O–H groups in total. The first kappa shape index (κ1) is 19.6. The molecular weight excluding hydrogens is 340 g/mol. The van der Waals surface area contributed by atoms with Crippen molar-refractivity contribution in [2.75, 3.05) is 46.5 Å². The number of ether oxygens (including phenoxy) is 2. The molecule has 2 aromatic carbocycles. The van der Waals surface area contributed by atoms with Crippen molar-refractivity contribution in [2.24, 2.45) is 0 Å². The van der Waals surface area contributed by atoms with Crippen LogP contribution < -0.4 is 10.1 Å². The van der Waals surface area contributed by atoms with E-state index in [1.165, 1.54) is 32.4 Å². The molecule has 0 radical (unpaired) electrons. The Balaban J connectivity index is 1.51. The molecule has 146 valence electrons. The zero-order valence-corrected chi connectivity index (χ0v) is 16.2. The smallest absolute Gasteiger partial charge is 0.251 e. The van der Waals surface area contributed by atoms with Crippen LogP contribution in [0.4, 0.5) is 0 Å². The summed E-state index contributed by atoms with van der Waals surface area (Å²) >= 11 is 0. The summed E-state index contributed by atoms with van der Waals surface area (Å²) in [6.45, 7) is 5.35. The van der Waals surface area contributed by atoms with Crippen LogP contribution in [-0.2, 0) is 4.74 Å². The van der Waals surface area contributed by atoms with Crippen LogP contribution in [0.15, 0.2) is 36.4 Å². The largest absolute Gasteiger partial charge is 0.494 e. The third-order valence-corrected chi connectivity index (χ3v) is 5.00. The topological polar surface area (TPSA) is 50.8 Å². The normalized spacial score (nSPS) is 15.0. The SMILES string of the molecule is COCCNC(=O)c1ccc2cc(OCCCN3CCCCC3)ccc2c1. The van der Waals surface area contributed by atoms with E-state index in [2.05, 4.69) is 10.2 Å². The van der Waals surface area contributed by atoms with Crippen molar-refractivity contribution in [1.82, 2.24) is 10.2 Å². The van der Waals surface area contributed by atoms with Crippen molar-refractivity contribution in [3.63, 3.8) is 0 Å². The highest BCUT2D eigenvalue weighted by atomic mass is 16.5. The first-order valence-corrected chi connectivity index (χ1v) is 9.92. The van der Waals surface area contributed by atoms with Gasteiger partial charge in [-0.3, -0.25) is 4.79 Å². The van der Waals surface area contributed by atoms with E-state index in [4.69, 9.17) is 9.47 Å². The van der Waals surface area contributed by atoms with Crippen molar-refractivity contribution in [2.45, 2.75) is 25.7 Å². The quantitative estimate of drug-likeness (QED) is 0.687. The van der Waals surface area contributed by atoms with E-state index < -0.39 is 0 Å². The highest BCUT2D eigenvalue weighted by Gasteiger charge is 2.09. The Kier molecular flexibility index (Phi) is 7.48. The minimum atomic E-state index is -0.0769. The Labute approximate surface area is 161 Å². The van der Waals surface area contributed by atoms with Gasteiger partial charge in [-0.2, -0.15) is 0 Å². The molecule has 1 aliphatic heterocycles. The minimum Gasteiger partial charge on any atom is -0.494 e. The first-order chi connectivity index (χ1) is 13.3. The van der Waals surface area contributed by atoms with Crippen LogP contribution in [0.25, 0.3) is 10.8 Å². The monoisotopic (exact) mass is 370 g/mol. The lowest BCUT2D eigenvalue weighted by atomic mass is 10.1. The Bertz CT molecular complexity index is 741. The number of carbonyl (C=O) groups excluding carboxylic acids is 1. The molecule has 0 aromatic heterocycles. The number of piperidine rings is 1. The van der Waals surface area contributed by atoms with Crippen molar-refractivity contribution < 1.29 is 14.3 Å². The molecule has 1 fully saturated rings. The number of hydrogen-bond donors (Lipinski definition) is 1. The molecule has 0 saturated carbocycles. The predicted octanol–water partition coefficient (Wildman–Crippen LogP) is 3.47. The fraction of sp³-hybridized carbons (Fsp3) is 0.500. The molecule has 1 saturated heterocycles. The second kappa shape index (κ2) is 10.3. The average Bonchev–Trinajstić information content (AvgIpc) is 2.71. The molecule has 1 heterocycles. The number of hydrogen-bond acceptors (Lipinski definition) is 4. The summed E-state index contributed by atoms with van der Waals surface area (Å²) in [4.78, 5) is 14.7. The van der Waals surface area contributed by atoms with Gasteiger partial charge in [0.15, 0.2) is 0 Å². The number of likely N-dealkylation sites (tertiary alicyclic amines) is 1. The van der Waals surface area contributed by atoms with Gasteiger partial charge in [0.25, 0.3) is 5.91 Å². The number of benzene rings is 2. The van der Waals surface area contributed by atoms with Crippen molar-refractivity contribution in [1.29, 1.82) is 0 Å². The maximum absolute atomic E-state index is 12.1. The summed E-state index contributed by atoms with van der Waals surface area (Å²) in [6.07, 6.45) is 5.09. The summed E-state index contributed by atoms with van der Waals surface area (Å²) < 4.78 is 10.9. The molecule has 27 heavy (non-hydrogen) atoms. The van der Waals surface area contributed by atoms with Gasteiger partial charge in [-0.25, -0.2) is 0 Å². The zero-order valence-electron chi connectivity index (χ0n) is 16.2. The molecule has 0 bridgehead atoms. The second-order valence-electron chi connectivity index (χ2n) is 7.08. The summed E-state index contributed by atoms with van der Waals surface area (Å²) in [5, 5.41) is 4.96. The van der Waals surface area contributed by atoms with Gasteiger partial charge < -0.3 is 19.7 Å². The van der Waals surface area contributed by atoms with E-state index in [9.17, 15) is 4.79 Å². The summed E-state index contributed by atoms with van der Waals surface area (Å²) in [5.41, 5.74) is 0.661. The van der Waals surface area contributed by atoms with Crippen LogP contribution in [0.1, 0.15) is 36.0 Å². The van der Waals surface area contributed by atoms with E-state index >= 15 is 0 Å². The molecule has 0 unspecified atom stereocenters. The lowest BCUT2D eigenvalue weighted by Crippen LogP contribution is -2.31. The number of amides is 1. The van der Waals surface area contributed by atoms with E-state index in [-0.39, 0.29) is 5.91 Å². The van der Waals surface area contributed by atoms with Crippen molar-refractivity contribution in [3.8, 4) is 5.75 Å². The minimum absolute atomic E-state index is 0.0769. The molecule has 0 atom stereocenters. The van der Waals surface area contributed by atoms with E-state index in [1.807, 2.05) is 36.4 Å². The molecular formula is C22H30N2O3. The summed E-state index contributed by atoms with van der Waals surface area (Å²) in [5.74, 6) is 0.811. The predicted molar refractivity (Wildman–Crippen MR) is 109 cm³/mol. The molecule has 1 amide bonds. The standard InChI is InChI=1S/C22H30N2O3/c1-26-15-10-23-22(25)20-7-6-19-17-21(9-8-18(19)16-20)27-14-5-13-24-11-3-2-4-12-24/h6-9,16-17H,2-5,10-15H2,1H3,(H,23,25). The second-order valence-corrected chi connectivity index (χ2v) is 7.08. The van der Waals surface area contributed by atoms with Gasteiger partial charge in [0, 0.05) is 25.8 Å². The van der Waals surface area contributed by atoms with E-state index in [0.717, 1.165) is 36.1 Å². The average molecular weight is 370 g/mol. The van der Waals surface area contributed by atoms with Crippen molar-refractivity contribution in [3.05, 3.63) is 42.0 Å². The van der Waals surface area contributed by atoms with Crippen LogP contribution in [0.2, 0.25) is 0 Å². The molecule has 3 rings (SSSR count). The number of nitrogens with one attached hydrogen (secondary N) is 1. The number of nitrogens with zero attached hydrogens (tertiary/aromatic N) is 1. The van der Waals surface area contributed by atoms with Crippen LogP contribution in [0.5, 0.6) is 5.75 Å². The maximum Gasteiger partial charge on any atom is 0.251 e. The van der Waals surface area contributed by atoms with E-state index in [1.54, 1.807) is 7.11 Å². The van der Waals surface area contributed by atoms with Gasteiger partial charge in [0.05, 0.1) is 13.2 Å². The molecule has 5 heteroatoms. The van der Waals surface area contributed by atoms with Gasteiger partial charge in [-0.1, -0.05) is 18.6 Å². The molecule has 1 aliphatic rings. The van der Waals surface area contributed by atoms with Crippen LogP contribution in [0.3, 0.4) is 0 Å². The Morgan fingerprint density at radius 3 is 2.63 bits per heavy atom. The van der Waals surface area contributed by atoms with Crippen LogP contribution in [-0.4, -0.2) is 57.3 Å². The molecule has 0 spiro atoms. The number of methoxy groups -OCH3 is 1. The Morgan fingerprint density at radius 2 is 1.81 bits per heavy atom. The molecule has 0 aliphatic carbocycles. The van der Waals surface area contributed by atoms with Crippen molar-refractivity contribution >= 4 is 16.7 Å².